The number of nitrogens with one attached hydrogen (secondary N) is 2. The van der Waals surface area contributed by atoms with E-state index in [0.29, 0.717) is 11.3 Å². The molecule has 1 aromatic carbocycles. The minimum atomic E-state index is -0.547. The monoisotopic (exact) mass is 327 g/mol. The average molecular weight is 328 g/mol. The van der Waals surface area contributed by atoms with Crippen molar-refractivity contribution in [1.82, 2.24) is 5.32 Å². The molecule has 0 saturated heterocycles. The first kappa shape index (κ1) is 20.4. The van der Waals surface area contributed by atoms with E-state index >= 15 is 0 Å². The molecule has 0 bridgehead atoms. The van der Waals surface area contributed by atoms with E-state index in [-0.39, 0.29) is 35.7 Å². The molecule has 1 atom stereocenters. The number of nitrogens with two attached hydrogens (primary N) is 1. The van der Waals surface area contributed by atoms with E-state index in [1.54, 1.807) is 24.3 Å². The Labute approximate surface area is 138 Å². The van der Waals surface area contributed by atoms with Crippen molar-refractivity contribution in [3.8, 4) is 0 Å². The predicted octanol–water partition coefficient (Wildman–Crippen LogP) is 2.56. The largest absolute Gasteiger partial charge is 0.347 e. The van der Waals surface area contributed by atoms with Crippen LogP contribution in [0.15, 0.2) is 24.3 Å². The van der Waals surface area contributed by atoms with E-state index in [4.69, 9.17) is 5.73 Å². The average Bonchev–Trinajstić information content (AvgIpc) is 2.36. The molecule has 0 unspecified atom stereocenters. The zero-order valence-corrected chi connectivity index (χ0v) is 14.6. The van der Waals surface area contributed by atoms with E-state index in [1.165, 1.54) is 0 Å². The van der Waals surface area contributed by atoms with Crippen LogP contribution in [0, 0.1) is 5.92 Å². The molecular formula is C16H26ClN3O2. The van der Waals surface area contributed by atoms with Crippen LogP contribution in [0.25, 0.3) is 0 Å². The van der Waals surface area contributed by atoms with E-state index in [2.05, 4.69) is 10.6 Å². The van der Waals surface area contributed by atoms with Crippen LogP contribution in [0.1, 0.15) is 45.0 Å². The van der Waals surface area contributed by atoms with Crippen LogP contribution in [0.3, 0.4) is 0 Å². The molecule has 124 valence electrons. The van der Waals surface area contributed by atoms with Gasteiger partial charge in [0.05, 0.1) is 6.04 Å². The van der Waals surface area contributed by atoms with Crippen LogP contribution < -0.4 is 16.4 Å². The number of carbonyl (C=O) groups excluding carboxylic acids is 2. The van der Waals surface area contributed by atoms with E-state index in [1.807, 2.05) is 34.6 Å². The van der Waals surface area contributed by atoms with Gasteiger partial charge in [0.25, 0.3) is 5.91 Å². The third-order valence-electron chi connectivity index (χ3n) is 2.92. The second-order valence-electron chi connectivity index (χ2n) is 6.54. The van der Waals surface area contributed by atoms with Gasteiger partial charge in [-0.05, 0) is 51.0 Å². The Bertz CT molecular complexity index is 507. The molecule has 6 heteroatoms. The van der Waals surface area contributed by atoms with Gasteiger partial charge in [-0.25, -0.2) is 0 Å². The first-order valence-corrected chi connectivity index (χ1v) is 7.09. The van der Waals surface area contributed by atoms with Crippen LogP contribution in [0.2, 0.25) is 0 Å². The van der Waals surface area contributed by atoms with Crippen molar-refractivity contribution in [3.05, 3.63) is 29.8 Å². The van der Waals surface area contributed by atoms with Gasteiger partial charge in [-0.1, -0.05) is 13.8 Å². The van der Waals surface area contributed by atoms with Gasteiger partial charge < -0.3 is 16.4 Å². The summed E-state index contributed by atoms with van der Waals surface area (Å²) in [5.74, 6) is -0.294. The molecule has 0 spiro atoms. The van der Waals surface area contributed by atoms with Gasteiger partial charge in [0.1, 0.15) is 0 Å². The van der Waals surface area contributed by atoms with Crippen LogP contribution in [-0.4, -0.2) is 23.4 Å². The summed E-state index contributed by atoms with van der Waals surface area (Å²) < 4.78 is 0. The van der Waals surface area contributed by atoms with Crippen LogP contribution >= 0.6 is 12.4 Å². The molecule has 0 aliphatic carbocycles. The topological polar surface area (TPSA) is 84.2 Å². The summed E-state index contributed by atoms with van der Waals surface area (Å²) >= 11 is 0. The highest BCUT2D eigenvalue weighted by molar-refractivity contribution is 5.97. The van der Waals surface area contributed by atoms with Crippen LogP contribution in [0.4, 0.5) is 5.69 Å². The fraction of sp³-hybridized carbons (Fsp3) is 0.500. The fourth-order valence-electron chi connectivity index (χ4n) is 1.65. The summed E-state index contributed by atoms with van der Waals surface area (Å²) in [6.45, 7) is 9.56. The van der Waals surface area contributed by atoms with E-state index in [9.17, 15) is 9.59 Å². The number of rotatable bonds is 4. The second kappa shape index (κ2) is 8.15. The summed E-state index contributed by atoms with van der Waals surface area (Å²) in [4.78, 5) is 23.8. The Morgan fingerprint density at radius 1 is 1.09 bits per heavy atom. The molecule has 1 aromatic rings. The Kier molecular flexibility index (Phi) is 7.56. The molecule has 0 fully saturated rings. The highest BCUT2D eigenvalue weighted by atomic mass is 35.5. The third-order valence-corrected chi connectivity index (χ3v) is 2.92. The second-order valence-corrected chi connectivity index (χ2v) is 6.54. The molecule has 2 amide bonds. The minimum absolute atomic E-state index is 0. The van der Waals surface area contributed by atoms with Crippen molar-refractivity contribution in [2.24, 2.45) is 11.7 Å². The summed E-state index contributed by atoms with van der Waals surface area (Å²) in [7, 11) is 0. The molecule has 0 radical (unpaired) electrons. The van der Waals surface area contributed by atoms with Crippen molar-refractivity contribution in [1.29, 1.82) is 0 Å². The maximum atomic E-state index is 12.0. The van der Waals surface area contributed by atoms with Crippen molar-refractivity contribution in [3.63, 3.8) is 0 Å². The lowest BCUT2D eigenvalue weighted by atomic mass is 10.0. The van der Waals surface area contributed by atoms with Gasteiger partial charge in [-0.2, -0.15) is 0 Å². The zero-order chi connectivity index (χ0) is 16.2. The van der Waals surface area contributed by atoms with E-state index < -0.39 is 6.04 Å². The van der Waals surface area contributed by atoms with Crippen molar-refractivity contribution >= 4 is 29.9 Å². The van der Waals surface area contributed by atoms with Crippen LogP contribution in [0.5, 0.6) is 0 Å². The Morgan fingerprint density at radius 3 is 2.00 bits per heavy atom. The van der Waals surface area contributed by atoms with Gasteiger partial charge in [0.2, 0.25) is 5.91 Å². The quantitative estimate of drug-likeness (QED) is 0.794. The van der Waals surface area contributed by atoms with Crippen molar-refractivity contribution in [2.45, 2.75) is 46.2 Å². The lowest BCUT2D eigenvalue weighted by molar-refractivity contribution is -0.118. The van der Waals surface area contributed by atoms with Gasteiger partial charge in [0.15, 0.2) is 0 Å². The number of hydrogen-bond donors (Lipinski definition) is 3. The molecule has 0 saturated carbocycles. The first-order chi connectivity index (χ1) is 9.60. The van der Waals surface area contributed by atoms with Crippen molar-refractivity contribution in [2.75, 3.05) is 5.32 Å². The number of anilines is 1. The van der Waals surface area contributed by atoms with Crippen molar-refractivity contribution < 1.29 is 9.59 Å². The number of carbonyl (C=O) groups is 2. The molecule has 1 rings (SSSR count). The third kappa shape index (κ3) is 6.45. The number of halogens is 1. The first-order valence-electron chi connectivity index (χ1n) is 7.09. The highest BCUT2D eigenvalue weighted by Crippen LogP contribution is 2.12. The highest BCUT2D eigenvalue weighted by Gasteiger charge is 2.18. The van der Waals surface area contributed by atoms with Crippen LogP contribution in [-0.2, 0) is 4.79 Å². The molecule has 5 nitrogen and oxygen atoms in total. The number of amides is 2. The maximum absolute atomic E-state index is 12.0. The smallest absolute Gasteiger partial charge is 0.251 e. The van der Waals surface area contributed by atoms with Gasteiger partial charge >= 0.3 is 0 Å². The summed E-state index contributed by atoms with van der Waals surface area (Å²) in [5, 5.41) is 5.62. The zero-order valence-electron chi connectivity index (χ0n) is 13.8. The Balaban J connectivity index is 0.00000441. The Morgan fingerprint density at radius 2 is 1.59 bits per heavy atom. The SMILES string of the molecule is CC(C)[C@@H](N)C(=O)Nc1ccc(C(=O)NC(C)(C)C)cc1.Cl. The molecule has 0 heterocycles. The number of benzene rings is 1. The van der Waals surface area contributed by atoms with E-state index in [0.717, 1.165) is 0 Å². The lowest BCUT2D eigenvalue weighted by Crippen LogP contribution is -2.40. The van der Waals surface area contributed by atoms with Gasteiger partial charge in [0, 0.05) is 16.8 Å². The normalized spacial score (nSPS) is 12.3. The standard InChI is InChI=1S/C16H25N3O2.ClH/c1-10(2)13(17)15(21)18-12-8-6-11(7-9-12)14(20)19-16(3,4)5;/h6-10,13H,17H2,1-5H3,(H,18,21)(H,19,20);1H/t13-;/m1./s1. The minimum Gasteiger partial charge on any atom is -0.347 e. The van der Waals surface area contributed by atoms with Gasteiger partial charge in [-0.15, -0.1) is 12.4 Å². The Hall–Kier alpha value is -1.59. The number of hydrogen-bond acceptors (Lipinski definition) is 3. The lowest BCUT2D eigenvalue weighted by Gasteiger charge is -2.20. The molecule has 4 N–H and O–H groups in total. The molecular weight excluding hydrogens is 302 g/mol. The summed E-state index contributed by atoms with van der Waals surface area (Å²) in [6, 6.07) is 6.20. The fourth-order valence-corrected chi connectivity index (χ4v) is 1.65. The molecule has 0 aliphatic rings. The molecule has 0 aromatic heterocycles. The maximum Gasteiger partial charge on any atom is 0.251 e. The summed E-state index contributed by atoms with van der Waals surface area (Å²) in [5.41, 5.74) is 6.68. The predicted molar refractivity (Wildman–Crippen MR) is 92.4 cm³/mol. The summed E-state index contributed by atoms with van der Waals surface area (Å²) in [6.07, 6.45) is 0. The molecule has 22 heavy (non-hydrogen) atoms. The van der Waals surface area contributed by atoms with Gasteiger partial charge in [-0.3, -0.25) is 9.59 Å². The molecule has 0 aliphatic heterocycles.